The second-order valence-electron chi connectivity index (χ2n) is 3.81. The van der Waals surface area contributed by atoms with Crippen LogP contribution in [0.3, 0.4) is 0 Å². The molecule has 0 atom stereocenters. The molecular formula is C12H21N3OS. The first-order valence-electron chi connectivity index (χ1n) is 6.19. The number of hydrogen-bond donors (Lipinski definition) is 1. The fourth-order valence-electron chi connectivity index (χ4n) is 1.72. The molecule has 1 aromatic heterocycles. The molecule has 4 nitrogen and oxygen atoms in total. The van der Waals surface area contributed by atoms with E-state index in [1.807, 2.05) is 20.8 Å². The third kappa shape index (κ3) is 4.83. The summed E-state index contributed by atoms with van der Waals surface area (Å²) in [5.41, 5.74) is 0. The van der Waals surface area contributed by atoms with Crippen molar-refractivity contribution in [3.8, 4) is 0 Å². The Morgan fingerprint density at radius 1 is 1.47 bits per heavy atom. The summed E-state index contributed by atoms with van der Waals surface area (Å²) in [6, 6.07) is 0. The maximum atomic E-state index is 11.6. The van der Waals surface area contributed by atoms with E-state index in [2.05, 4.69) is 15.2 Å². The lowest BCUT2D eigenvalue weighted by atomic mass is 10.4. The zero-order valence-electron chi connectivity index (χ0n) is 10.8. The van der Waals surface area contributed by atoms with Crippen molar-refractivity contribution in [3.05, 3.63) is 11.1 Å². The summed E-state index contributed by atoms with van der Waals surface area (Å²) in [7, 11) is 0. The van der Waals surface area contributed by atoms with E-state index in [1.165, 1.54) is 24.2 Å². The monoisotopic (exact) mass is 255 g/mol. The standard InChI is InChI=1S/C10H15N3OS.C2H6/c1-8-6-11-10(15-8)12-9(14)7-13-4-2-3-5-13;1-2/h6H,2-5,7H2,1H3,(H,11,12,14);1-2H3. The number of thiazole rings is 1. The largest absolute Gasteiger partial charge is 0.301 e. The Bertz CT molecular complexity index is 345. The quantitative estimate of drug-likeness (QED) is 0.902. The van der Waals surface area contributed by atoms with Gasteiger partial charge in [-0.05, 0) is 32.9 Å². The maximum absolute atomic E-state index is 11.6. The van der Waals surface area contributed by atoms with Crippen LogP contribution in [0.1, 0.15) is 31.6 Å². The van der Waals surface area contributed by atoms with Crippen LogP contribution in [0.25, 0.3) is 0 Å². The fraction of sp³-hybridized carbons (Fsp3) is 0.667. The predicted octanol–water partition coefficient (Wildman–Crippen LogP) is 2.51. The van der Waals surface area contributed by atoms with Gasteiger partial charge in [-0.1, -0.05) is 13.8 Å². The molecule has 2 rings (SSSR count). The van der Waals surface area contributed by atoms with Gasteiger partial charge in [0.05, 0.1) is 6.54 Å². The third-order valence-corrected chi connectivity index (χ3v) is 3.26. The number of anilines is 1. The number of rotatable bonds is 3. The van der Waals surface area contributed by atoms with E-state index in [0.717, 1.165) is 18.0 Å². The zero-order valence-corrected chi connectivity index (χ0v) is 11.6. The molecule has 1 fully saturated rings. The van der Waals surface area contributed by atoms with Gasteiger partial charge in [0.25, 0.3) is 0 Å². The first kappa shape index (κ1) is 14.1. The van der Waals surface area contributed by atoms with Crippen LogP contribution in [0.15, 0.2) is 6.20 Å². The van der Waals surface area contributed by atoms with E-state index < -0.39 is 0 Å². The van der Waals surface area contributed by atoms with Gasteiger partial charge in [-0.15, -0.1) is 11.3 Å². The highest BCUT2D eigenvalue weighted by molar-refractivity contribution is 7.15. The van der Waals surface area contributed by atoms with Crippen molar-refractivity contribution >= 4 is 22.4 Å². The zero-order chi connectivity index (χ0) is 12.7. The van der Waals surface area contributed by atoms with Crippen LogP contribution in [0, 0.1) is 6.92 Å². The summed E-state index contributed by atoms with van der Waals surface area (Å²) >= 11 is 1.51. The van der Waals surface area contributed by atoms with Crippen molar-refractivity contribution in [2.24, 2.45) is 0 Å². The molecular weight excluding hydrogens is 234 g/mol. The van der Waals surface area contributed by atoms with Crippen LogP contribution < -0.4 is 5.32 Å². The van der Waals surface area contributed by atoms with Crippen molar-refractivity contribution in [1.82, 2.24) is 9.88 Å². The molecule has 96 valence electrons. The van der Waals surface area contributed by atoms with Gasteiger partial charge in [-0.2, -0.15) is 0 Å². The third-order valence-electron chi connectivity index (χ3n) is 2.43. The van der Waals surface area contributed by atoms with Crippen molar-refractivity contribution in [2.45, 2.75) is 33.6 Å². The van der Waals surface area contributed by atoms with Crippen molar-refractivity contribution < 1.29 is 4.79 Å². The van der Waals surface area contributed by atoms with Gasteiger partial charge in [0, 0.05) is 11.1 Å². The van der Waals surface area contributed by atoms with Crippen LogP contribution in [0.2, 0.25) is 0 Å². The SMILES string of the molecule is CC.Cc1cnc(NC(=O)CN2CCCC2)s1. The Hall–Kier alpha value is -0.940. The Labute approximate surface area is 107 Å². The lowest BCUT2D eigenvalue weighted by Crippen LogP contribution is -2.30. The molecule has 1 saturated heterocycles. The van der Waals surface area contributed by atoms with Crippen LogP contribution in [-0.4, -0.2) is 35.4 Å². The topological polar surface area (TPSA) is 45.2 Å². The number of amides is 1. The minimum absolute atomic E-state index is 0.0475. The average Bonchev–Trinajstić information content (AvgIpc) is 2.93. The highest BCUT2D eigenvalue weighted by Crippen LogP contribution is 2.16. The highest BCUT2D eigenvalue weighted by Gasteiger charge is 2.15. The molecule has 0 bridgehead atoms. The summed E-state index contributed by atoms with van der Waals surface area (Å²) in [4.78, 5) is 19.0. The molecule has 0 radical (unpaired) electrons. The van der Waals surface area contributed by atoms with Gasteiger partial charge in [-0.3, -0.25) is 9.69 Å². The van der Waals surface area contributed by atoms with Gasteiger partial charge in [0.2, 0.25) is 5.91 Å². The summed E-state index contributed by atoms with van der Waals surface area (Å²) in [5, 5.41) is 3.52. The van der Waals surface area contributed by atoms with E-state index in [9.17, 15) is 4.79 Å². The molecule has 0 aliphatic carbocycles. The number of carbonyl (C=O) groups is 1. The van der Waals surface area contributed by atoms with Gasteiger partial charge in [-0.25, -0.2) is 4.98 Å². The smallest absolute Gasteiger partial charge is 0.240 e. The molecule has 1 aromatic rings. The number of carbonyl (C=O) groups excluding carboxylic acids is 1. The summed E-state index contributed by atoms with van der Waals surface area (Å²) in [5.74, 6) is 0.0475. The first-order chi connectivity index (χ1) is 8.24. The molecule has 17 heavy (non-hydrogen) atoms. The van der Waals surface area contributed by atoms with Gasteiger partial charge >= 0.3 is 0 Å². The lowest BCUT2D eigenvalue weighted by molar-refractivity contribution is -0.117. The van der Waals surface area contributed by atoms with Crippen LogP contribution in [0.5, 0.6) is 0 Å². The van der Waals surface area contributed by atoms with E-state index in [0.29, 0.717) is 11.7 Å². The van der Waals surface area contributed by atoms with Crippen molar-refractivity contribution in [1.29, 1.82) is 0 Å². The Balaban J connectivity index is 0.000000686. The number of nitrogens with one attached hydrogen (secondary N) is 1. The molecule has 1 aliphatic heterocycles. The summed E-state index contributed by atoms with van der Waals surface area (Å²) in [6.07, 6.45) is 4.20. The second kappa shape index (κ2) is 7.40. The number of aryl methyl sites for hydroxylation is 1. The summed E-state index contributed by atoms with van der Waals surface area (Å²) in [6.45, 7) is 8.57. The fourth-order valence-corrected chi connectivity index (χ4v) is 2.40. The number of hydrogen-bond acceptors (Lipinski definition) is 4. The highest BCUT2D eigenvalue weighted by atomic mass is 32.1. The van der Waals surface area contributed by atoms with Crippen LogP contribution in [-0.2, 0) is 4.79 Å². The van der Waals surface area contributed by atoms with E-state index >= 15 is 0 Å². The van der Waals surface area contributed by atoms with E-state index in [-0.39, 0.29) is 5.91 Å². The second-order valence-corrected chi connectivity index (χ2v) is 5.04. The van der Waals surface area contributed by atoms with Crippen molar-refractivity contribution in [3.63, 3.8) is 0 Å². The Morgan fingerprint density at radius 3 is 2.65 bits per heavy atom. The molecule has 0 spiro atoms. The molecule has 2 heterocycles. The molecule has 5 heteroatoms. The van der Waals surface area contributed by atoms with E-state index in [4.69, 9.17) is 0 Å². The van der Waals surface area contributed by atoms with Crippen LogP contribution >= 0.6 is 11.3 Å². The first-order valence-corrected chi connectivity index (χ1v) is 7.00. The molecule has 0 unspecified atom stereocenters. The number of nitrogens with zero attached hydrogens (tertiary/aromatic N) is 2. The Kier molecular flexibility index (Phi) is 6.15. The molecule has 1 N–H and O–H groups in total. The van der Waals surface area contributed by atoms with Gasteiger partial charge in [0.1, 0.15) is 0 Å². The van der Waals surface area contributed by atoms with Gasteiger partial charge in [0.15, 0.2) is 5.13 Å². The molecule has 0 saturated carbocycles. The normalized spacial score (nSPS) is 15.2. The van der Waals surface area contributed by atoms with Crippen LogP contribution in [0.4, 0.5) is 5.13 Å². The number of aromatic nitrogens is 1. The Morgan fingerprint density at radius 2 is 2.12 bits per heavy atom. The van der Waals surface area contributed by atoms with E-state index in [1.54, 1.807) is 6.20 Å². The average molecular weight is 255 g/mol. The summed E-state index contributed by atoms with van der Waals surface area (Å²) < 4.78 is 0. The predicted molar refractivity (Wildman–Crippen MR) is 72.5 cm³/mol. The van der Waals surface area contributed by atoms with Gasteiger partial charge < -0.3 is 5.32 Å². The lowest BCUT2D eigenvalue weighted by Gasteiger charge is -2.12. The van der Waals surface area contributed by atoms with Crippen molar-refractivity contribution in [2.75, 3.05) is 25.0 Å². The minimum Gasteiger partial charge on any atom is -0.301 e. The molecule has 0 aromatic carbocycles. The maximum Gasteiger partial charge on any atom is 0.240 e. The number of likely N-dealkylation sites (tertiary alicyclic amines) is 1. The molecule has 1 amide bonds. The minimum atomic E-state index is 0.0475. The molecule has 1 aliphatic rings.